The van der Waals surface area contributed by atoms with Crippen LogP contribution in [0.4, 0.5) is 4.70 Å². The number of halogens is 1. The Morgan fingerprint density at radius 1 is 1.18 bits per heavy atom. The summed E-state index contributed by atoms with van der Waals surface area (Å²) in [5.74, 6) is 0. The monoisotopic (exact) mass is 178 g/mol. The zero-order chi connectivity index (χ0) is 7.49. The Morgan fingerprint density at radius 2 is 1.55 bits per heavy atom. The van der Waals surface area contributed by atoms with Crippen molar-refractivity contribution in [1.82, 2.24) is 0 Å². The predicted octanol–water partition coefficient (Wildman–Crippen LogP) is -0.793. The van der Waals surface area contributed by atoms with Gasteiger partial charge in [0.05, 0.1) is 5.60 Å². The van der Waals surface area contributed by atoms with Gasteiger partial charge in [0, 0.05) is 0 Å². The SMILES string of the molecule is CC(C)(C)OOB(O)O.F.[NaH]. The van der Waals surface area contributed by atoms with Crippen LogP contribution in [0, 0.1) is 0 Å². The van der Waals surface area contributed by atoms with Crippen molar-refractivity contribution in [1.29, 1.82) is 0 Å². The second-order valence-electron chi connectivity index (χ2n) is 2.62. The van der Waals surface area contributed by atoms with Crippen molar-refractivity contribution in [2.24, 2.45) is 0 Å². The predicted molar refractivity (Wildman–Crippen MR) is 41.8 cm³/mol. The standard InChI is InChI=1S/C4H11BO4.FH.Na.H/c1-4(2,3)8-9-5(6)7;;;/h6-7H,1-3H3;1H;;. The molecule has 0 atom stereocenters. The molecule has 0 aromatic heterocycles. The molecule has 4 nitrogen and oxygen atoms in total. The van der Waals surface area contributed by atoms with Crippen LogP contribution in [0.5, 0.6) is 0 Å². The van der Waals surface area contributed by atoms with Crippen LogP contribution in [0.1, 0.15) is 20.8 Å². The molecule has 0 aliphatic carbocycles. The Labute approximate surface area is 87.6 Å². The molecule has 0 aliphatic rings. The molecule has 0 saturated heterocycles. The van der Waals surface area contributed by atoms with Crippen molar-refractivity contribution in [3.05, 3.63) is 0 Å². The van der Waals surface area contributed by atoms with Gasteiger partial charge in [-0.15, -0.1) is 0 Å². The fourth-order valence-electron chi connectivity index (χ4n) is 0.187. The molecule has 0 fully saturated rings. The van der Waals surface area contributed by atoms with Crippen molar-refractivity contribution >= 4 is 36.9 Å². The normalized spacial score (nSPS) is 9.55. The molecule has 2 N–H and O–H groups in total. The summed E-state index contributed by atoms with van der Waals surface area (Å²) in [4.78, 5) is 8.51. The molecule has 0 heterocycles. The van der Waals surface area contributed by atoms with Gasteiger partial charge in [-0.05, 0) is 20.8 Å². The van der Waals surface area contributed by atoms with Crippen LogP contribution >= 0.6 is 0 Å². The first-order chi connectivity index (χ1) is 3.92. The fraction of sp³-hybridized carbons (Fsp3) is 1.00. The molecule has 0 radical (unpaired) electrons. The first-order valence-corrected chi connectivity index (χ1v) is 2.62. The fourth-order valence-corrected chi connectivity index (χ4v) is 0.187. The quantitative estimate of drug-likeness (QED) is 0.330. The van der Waals surface area contributed by atoms with Crippen LogP contribution in [-0.4, -0.2) is 52.5 Å². The van der Waals surface area contributed by atoms with Gasteiger partial charge in [-0.1, -0.05) is 0 Å². The van der Waals surface area contributed by atoms with Crippen molar-refractivity contribution in [3.8, 4) is 0 Å². The van der Waals surface area contributed by atoms with Crippen LogP contribution in [0.15, 0.2) is 0 Å². The molecular weight excluding hydrogens is 165 g/mol. The topological polar surface area (TPSA) is 58.9 Å². The molecule has 0 aromatic carbocycles. The number of hydrogen-bond donors (Lipinski definition) is 2. The van der Waals surface area contributed by atoms with Crippen LogP contribution in [0.2, 0.25) is 0 Å². The van der Waals surface area contributed by atoms with Gasteiger partial charge in [-0.25, -0.2) is 9.69 Å². The van der Waals surface area contributed by atoms with E-state index in [1.807, 2.05) is 0 Å². The maximum absolute atomic E-state index is 8.12. The van der Waals surface area contributed by atoms with Gasteiger partial charge in [0.15, 0.2) is 0 Å². The molecule has 0 bridgehead atoms. The number of rotatable bonds is 2. The Hall–Kier alpha value is 0.835. The third-order valence-corrected chi connectivity index (χ3v) is 0.384. The van der Waals surface area contributed by atoms with Crippen LogP contribution in [-0.2, 0) is 9.69 Å². The van der Waals surface area contributed by atoms with Gasteiger partial charge in [0.2, 0.25) is 0 Å². The molecule has 0 unspecified atom stereocenters. The summed E-state index contributed by atoms with van der Waals surface area (Å²) < 4.78 is 0. The van der Waals surface area contributed by atoms with E-state index >= 15 is 0 Å². The summed E-state index contributed by atoms with van der Waals surface area (Å²) in [5, 5.41) is 16.2. The molecule has 0 aromatic rings. The van der Waals surface area contributed by atoms with E-state index in [4.69, 9.17) is 10.0 Å². The number of hydrogen-bond acceptors (Lipinski definition) is 4. The summed E-state index contributed by atoms with van der Waals surface area (Å²) in [6.45, 7) is 5.19. The van der Waals surface area contributed by atoms with E-state index < -0.39 is 12.9 Å². The minimum absolute atomic E-state index is 0. The van der Waals surface area contributed by atoms with Crippen LogP contribution in [0.25, 0.3) is 0 Å². The second kappa shape index (κ2) is 7.48. The Kier molecular flexibility index (Phi) is 12.1. The summed E-state index contributed by atoms with van der Waals surface area (Å²) in [7, 11) is -1.86. The first kappa shape index (κ1) is 17.8. The first-order valence-electron chi connectivity index (χ1n) is 2.62. The van der Waals surface area contributed by atoms with E-state index in [1.54, 1.807) is 20.8 Å². The van der Waals surface area contributed by atoms with Crippen LogP contribution in [0.3, 0.4) is 0 Å². The average Bonchev–Trinajstić information content (AvgIpc) is 1.59. The van der Waals surface area contributed by atoms with Gasteiger partial charge in [0.1, 0.15) is 0 Å². The van der Waals surface area contributed by atoms with Gasteiger partial charge in [-0.2, -0.15) is 0 Å². The van der Waals surface area contributed by atoms with Crippen molar-refractivity contribution in [2.75, 3.05) is 0 Å². The van der Waals surface area contributed by atoms with E-state index in [9.17, 15) is 0 Å². The summed E-state index contributed by atoms with van der Waals surface area (Å²) in [6, 6.07) is 0. The van der Waals surface area contributed by atoms with Gasteiger partial charge in [0.25, 0.3) is 0 Å². The average molecular weight is 178 g/mol. The van der Waals surface area contributed by atoms with Gasteiger partial charge >= 0.3 is 36.9 Å². The van der Waals surface area contributed by atoms with Crippen LogP contribution < -0.4 is 0 Å². The summed E-state index contributed by atoms with van der Waals surface area (Å²) >= 11 is 0. The zero-order valence-electron chi connectivity index (χ0n) is 6.20. The third-order valence-electron chi connectivity index (χ3n) is 0.384. The molecule has 64 valence electrons. The van der Waals surface area contributed by atoms with E-state index in [1.165, 1.54) is 0 Å². The molecule has 0 saturated carbocycles. The van der Waals surface area contributed by atoms with Crippen molar-refractivity contribution < 1.29 is 24.4 Å². The molecule has 0 amide bonds. The molecular formula is C4H13BFNaO4. The van der Waals surface area contributed by atoms with Crippen molar-refractivity contribution in [3.63, 3.8) is 0 Å². The zero-order valence-corrected chi connectivity index (χ0v) is 6.20. The molecule has 0 spiro atoms. The third kappa shape index (κ3) is 18.1. The van der Waals surface area contributed by atoms with Gasteiger partial charge < -0.3 is 10.0 Å². The summed E-state index contributed by atoms with van der Waals surface area (Å²) in [6.07, 6.45) is 0. The Morgan fingerprint density at radius 3 is 1.64 bits per heavy atom. The minimum atomic E-state index is -1.86. The van der Waals surface area contributed by atoms with E-state index in [-0.39, 0.29) is 34.3 Å². The Bertz CT molecular complexity index is 86.7. The molecule has 0 aliphatic heterocycles. The molecule has 7 heteroatoms. The van der Waals surface area contributed by atoms with Gasteiger partial charge in [-0.3, -0.25) is 4.70 Å². The van der Waals surface area contributed by atoms with E-state index in [0.29, 0.717) is 0 Å². The van der Waals surface area contributed by atoms with Crippen molar-refractivity contribution in [2.45, 2.75) is 26.4 Å². The molecule has 0 rings (SSSR count). The maximum atomic E-state index is 8.12. The Balaban J connectivity index is -0.000000320. The van der Waals surface area contributed by atoms with E-state index in [0.717, 1.165) is 0 Å². The summed E-state index contributed by atoms with van der Waals surface area (Å²) in [5.41, 5.74) is -0.510. The van der Waals surface area contributed by atoms with E-state index in [2.05, 4.69) is 9.69 Å². The molecule has 11 heavy (non-hydrogen) atoms. The second-order valence-corrected chi connectivity index (χ2v) is 2.62.